The van der Waals surface area contributed by atoms with Gasteiger partial charge in [0.2, 0.25) is 0 Å². The van der Waals surface area contributed by atoms with E-state index in [0.29, 0.717) is 46.5 Å². The Kier molecular flexibility index (Phi) is 15.1. The summed E-state index contributed by atoms with van der Waals surface area (Å²) in [6, 6.07) is 21.6. The van der Waals surface area contributed by atoms with Crippen LogP contribution < -0.4 is 14.4 Å². The summed E-state index contributed by atoms with van der Waals surface area (Å²) in [5, 5.41) is 0.503. The van der Waals surface area contributed by atoms with Crippen LogP contribution >= 0.6 is 24.0 Å². The highest BCUT2D eigenvalue weighted by molar-refractivity contribution is 6.30. The molecule has 0 radical (unpaired) electrons. The predicted octanol–water partition coefficient (Wildman–Crippen LogP) is 7.92. The zero-order valence-electron chi connectivity index (χ0n) is 29.0. The molecule has 0 unspecified atom stereocenters. The summed E-state index contributed by atoms with van der Waals surface area (Å²) < 4.78 is 24.0. The first-order chi connectivity index (χ1) is 22.5. The van der Waals surface area contributed by atoms with E-state index < -0.39 is 18.2 Å². The monoisotopic (exact) mass is 700 g/mol. The molecule has 1 aliphatic rings. The zero-order valence-corrected chi connectivity index (χ0v) is 30.6. The van der Waals surface area contributed by atoms with Gasteiger partial charge in [-0.3, -0.25) is 9.59 Å². The van der Waals surface area contributed by atoms with Crippen LogP contribution in [0.4, 0.5) is 5.69 Å². The van der Waals surface area contributed by atoms with Crippen LogP contribution in [0.5, 0.6) is 11.5 Å². The Bertz CT molecular complexity index is 1480. The summed E-state index contributed by atoms with van der Waals surface area (Å²) in [5.74, 6) is 0.274. The minimum atomic E-state index is -1.08. The van der Waals surface area contributed by atoms with Crippen molar-refractivity contribution < 1.29 is 28.5 Å². The lowest BCUT2D eigenvalue weighted by atomic mass is 9.94. The molecule has 3 aromatic rings. The number of amides is 1. The number of carbonyl (C=O) groups excluding carboxylic acids is 2. The third-order valence-electron chi connectivity index (χ3n) is 7.98. The highest BCUT2D eigenvalue weighted by atomic mass is 35.5. The number of aryl methyl sites for hydroxylation is 1. The van der Waals surface area contributed by atoms with E-state index in [0.717, 1.165) is 32.4 Å². The van der Waals surface area contributed by atoms with Gasteiger partial charge in [0.1, 0.15) is 12.2 Å². The molecular formula is C38H50Cl2N2O6. The molecule has 0 N–H and O–H groups in total. The van der Waals surface area contributed by atoms with Gasteiger partial charge in [0.25, 0.3) is 5.91 Å². The number of esters is 1. The maximum absolute atomic E-state index is 14.1. The van der Waals surface area contributed by atoms with Crippen molar-refractivity contribution in [2.24, 2.45) is 5.41 Å². The van der Waals surface area contributed by atoms with Crippen LogP contribution in [0.2, 0.25) is 5.02 Å². The summed E-state index contributed by atoms with van der Waals surface area (Å²) in [6.45, 7) is 10.9. The van der Waals surface area contributed by atoms with Crippen molar-refractivity contribution in [1.29, 1.82) is 0 Å². The number of rotatable bonds is 15. The van der Waals surface area contributed by atoms with Crippen LogP contribution in [0.15, 0.2) is 66.7 Å². The fraction of sp³-hybridized carbons (Fsp3) is 0.474. The standard InChI is InChI=1S/C38H49ClN2O6.ClH/c1-7-45-34(42)25-33-37(43)41(26-38(2,3)4)31-20-19-28(39)24-30(31)35(47-33)29-17-11-18-32(36(29)44-6)46-23-13-22-40(5)21-12-16-27-14-9-8-10-15-27;/h8-11,14-15,17-20,24,33,35H,7,12-13,16,21-23,25-26H2,1-6H3;1H/t33-,35-;/m1./s1. The Morgan fingerprint density at radius 1 is 1.00 bits per heavy atom. The van der Waals surface area contributed by atoms with Gasteiger partial charge in [-0.15, -0.1) is 12.4 Å². The average Bonchev–Trinajstić information content (AvgIpc) is 3.13. The molecule has 3 aromatic carbocycles. The average molecular weight is 702 g/mol. The maximum Gasteiger partial charge on any atom is 0.308 e. The number of halogens is 2. The van der Waals surface area contributed by atoms with E-state index in [-0.39, 0.29) is 36.8 Å². The molecule has 1 amide bonds. The van der Waals surface area contributed by atoms with E-state index in [1.54, 1.807) is 25.0 Å². The van der Waals surface area contributed by atoms with Gasteiger partial charge in [0, 0.05) is 34.9 Å². The Hall–Kier alpha value is -3.30. The molecule has 0 aromatic heterocycles. The minimum Gasteiger partial charge on any atom is -0.492 e. The molecule has 0 fully saturated rings. The maximum atomic E-state index is 14.1. The molecule has 48 heavy (non-hydrogen) atoms. The van der Waals surface area contributed by atoms with E-state index in [1.165, 1.54) is 5.56 Å². The SMILES string of the molecule is CCOC(=O)C[C@H]1O[C@H](c2cccc(OCCCN(C)CCCc3ccccc3)c2OC)c2cc(Cl)ccc2N(CC(C)(C)C)C1=O.Cl. The van der Waals surface area contributed by atoms with Gasteiger partial charge in [-0.2, -0.15) is 0 Å². The van der Waals surface area contributed by atoms with Crippen LogP contribution in [0.25, 0.3) is 0 Å². The highest BCUT2D eigenvalue weighted by Gasteiger charge is 2.40. The van der Waals surface area contributed by atoms with Crippen molar-refractivity contribution in [3.05, 3.63) is 88.4 Å². The number of benzene rings is 3. The number of nitrogens with zero attached hydrogens (tertiary/aromatic N) is 2. The third-order valence-corrected chi connectivity index (χ3v) is 8.22. The van der Waals surface area contributed by atoms with E-state index >= 15 is 0 Å². The van der Waals surface area contributed by atoms with Crippen molar-refractivity contribution in [1.82, 2.24) is 4.90 Å². The van der Waals surface area contributed by atoms with Crippen molar-refractivity contribution in [3.8, 4) is 11.5 Å². The first-order valence-electron chi connectivity index (χ1n) is 16.4. The minimum absolute atomic E-state index is 0. The number of hydrogen-bond donors (Lipinski definition) is 0. The third kappa shape index (κ3) is 10.9. The molecule has 1 heterocycles. The van der Waals surface area contributed by atoms with Crippen LogP contribution in [0, 0.1) is 5.41 Å². The van der Waals surface area contributed by atoms with Gasteiger partial charge >= 0.3 is 5.97 Å². The number of ether oxygens (including phenoxy) is 4. The van der Waals surface area contributed by atoms with Gasteiger partial charge in [-0.05, 0) is 75.0 Å². The fourth-order valence-electron chi connectivity index (χ4n) is 5.85. The summed E-state index contributed by atoms with van der Waals surface area (Å²) in [4.78, 5) is 30.8. The molecule has 2 atom stereocenters. The number of anilines is 1. The molecule has 8 nitrogen and oxygen atoms in total. The van der Waals surface area contributed by atoms with E-state index in [9.17, 15) is 9.59 Å². The van der Waals surface area contributed by atoms with Crippen LogP contribution in [-0.4, -0.2) is 69.9 Å². The highest BCUT2D eigenvalue weighted by Crippen LogP contribution is 2.45. The lowest BCUT2D eigenvalue weighted by molar-refractivity contribution is -0.151. The van der Waals surface area contributed by atoms with Gasteiger partial charge in [-0.25, -0.2) is 0 Å². The smallest absolute Gasteiger partial charge is 0.308 e. The molecule has 0 bridgehead atoms. The topological polar surface area (TPSA) is 77.5 Å². The van der Waals surface area contributed by atoms with Gasteiger partial charge in [0.15, 0.2) is 11.5 Å². The Morgan fingerprint density at radius 3 is 2.42 bits per heavy atom. The summed E-state index contributed by atoms with van der Waals surface area (Å²) in [5.41, 5.74) is 3.17. The molecule has 0 saturated heterocycles. The lowest BCUT2D eigenvalue weighted by Crippen LogP contribution is -2.44. The first kappa shape index (κ1) is 39.1. The number of para-hydroxylation sites is 1. The van der Waals surface area contributed by atoms with Crippen molar-refractivity contribution in [2.75, 3.05) is 51.9 Å². The molecule has 10 heteroatoms. The molecule has 1 aliphatic heterocycles. The number of fused-ring (bicyclic) bond motifs is 1. The number of hydrogen-bond acceptors (Lipinski definition) is 7. The van der Waals surface area contributed by atoms with E-state index in [1.807, 2.05) is 36.4 Å². The van der Waals surface area contributed by atoms with Crippen molar-refractivity contribution >= 4 is 41.6 Å². The Balaban J connectivity index is 0.00000625. The molecule has 0 spiro atoms. The van der Waals surface area contributed by atoms with E-state index in [2.05, 4.69) is 57.0 Å². The van der Waals surface area contributed by atoms with Crippen LogP contribution in [-0.2, 0) is 25.5 Å². The fourth-order valence-corrected chi connectivity index (χ4v) is 6.03. The first-order valence-corrected chi connectivity index (χ1v) is 16.8. The number of carbonyl (C=O) groups is 2. The van der Waals surface area contributed by atoms with Gasteiger partial charge in [0.05, 0.1) is 26.7 Å². The second-order valence-electron chi connectivity index (χ2n) is 13.2. The molecule has 0 aliphatic carbocycles. The van der Waals surface area contributed by atoms with Crippen LogP contribution in [0.1, 0.15) is 69.8 Å². The summed E-state index contributed by atoms with van der Waals surface area (Å²) in [7, 11) is 3.73. The van der Waals surface area contributed by atoms with Crippen molar-refractivity contribution in [2.45, 2.75) is 65.6 Å². The largest absolute Gasteiger partial charge is 0.492 e. The van der Waals surface area contributed by atoms with Crippen molar-refractivity contribution in [3.63, 3.8) is 0 Å². The second kappa shape index (κ2) is 18.5. The van der Waals surface area contributed by atoms with E-state index in [4.69, 9.17) is 30.5 Å². The van der Waals surface area contributed by atoms with Gasteiger partial charge in [-0.1, -0.05) is 74.8 Å². The molecule has 0 saturated carbocycles. The summed E-state index contributed by atoms with van der Waals surface area (Å²) in [6.07, 6.45) is 0.917. The normalized spacial score (nSPS) is 16.2. The molecule has 4 rings (SSSR count). The molecular weight excluding hydrogens is 651 g/mol. The van der Waals surface area contributed by atoms with Gasteiger partial charge < -0.3 is 28.7 Å². The number of methoxy groups -OCH3 is 1. The Morgan fingerprint density at radius 2 is 1.73 bits per heavy atom. The lowest BCUT2D eigenvalue weighted by Gasteiger charge is -2.31. The zero-order chi connectivity index (χ0) is 34.0. The van der Waals surface area contributed by atoms with Crippen LogP contribution in [0.3, 0.4) is 0 Å². The Labute approximate surface area is 297 Å². The molecule has 262 valence electrons. The summed E-state index contributed by atoms with van der Waals surface area (Å²) >= 11 is 6.55. The quantitative estimate of drug-likeness (QED) is 0.118. The second-order valence-corrected chi connectivity index (χ2v) is 13.6. The predicted molar refractivity (Wildman–Crippen MR) is 194 cm³/mol.